The van der Waals surface area contributed by atoms with Gasteiger partial charge in [-0.15, -0.1) is 0 Å². The lowest BCUT2D eigenvalue weighted by molar-refractivity contribution is 0.0916. The van der Waals surface area contributed by atoms with Gasteiger partial charge in [-0.05, 0) is 62.6 Å². The Kier molecular flexibility index (Phi) is 9.53. The predicted molar refractivity (Wildman–Crippen MR) is 121 cm³/mol. The fraction of sp³-hybridized carbons (Fsp3) is 0.400. The lowest BCUT2D eigenvalue weighted by atomic mass is 10.0. The highest BCUT2D eigenvalue weighted by Gasteiger charge is 2.17. The van der Waals surface area contributed by atoms with Gasteiger partial charge in [-0.1, -0.05) is 19.4 Å². The third-order valence-corrected chi connectivity index (χ3v) is 4.68. The largest absolute Gasteiger partial charge is 0.492 e. The van der Waals surface area contributed by atoms with Crippen LogP contribution in [0.15, 0.2) is 36.4 Å². The Labute approximate surface area is 189 Å². The monoisotopic (exact) mass is 435 g/mol. The Morgan fingerprint density at radius 3 is 2.41 bits per heavy atom. The summed E-state index contributed by atoms with van der Waals surface area (Å²) in [5.74, 6) is 0.543. The molecule has 32 heavy (non-hydrogen) atoms. The van der Waals surface area contributed by atoms with Crippen molar-refractivity contribution in [1.29, 1.82) is 10.5 Å². The average Bonchev–Trinajstić information content (AvgIpc) is 2.79. The van der Waals surface area contributed by atoms with Crippen molar-refractivity contribution >= 4 is 5.91 Å². The van der Waals surface area contributed by atoms with Crippen molar-refractivity contribution in [2.75, 3.05) is 13.2 Å². The van der Waals surface area contributed by atoms with Gasteiger partial charge in [-0.25, -0.2) is 0 Å². The first-order valence-electron chi connectivity index (χ1n) is 10.7. The lowest BCUT2D eigenvalue weighted by Crippen LogP contribution is -2.39. The van der Waals surface area contributed by atoms with E-state index in [1.165, 1.54) is 6.07 Å². The van der Waals surface area contributed by atoms with Crippen LogP contribution in [-0.4, -0.2) is 36.4 Å². The summed E-state index contributed by atoms with van der Waals surface area (Å²) < 4.78 is 11.2. The van der Waals surface area contributed by atoms with Crippen molar-refractivity contribution in [2.24, 2.45) is 0 Å². The zero-order chi connectivity index (χ0) is 23.5. The number of hydrogen-bond donors (Lipinski definition) is 2. The van der Waals surface area contributed by atoms with Gasteiger partial charge in [0.1, 0.15) is 23.6 Å². The molecule has 0 bridgehead atoms. The molecule has 2 rings (SSSR count). The highest BCUT2D eigenvalue weighted by molar-refractivity contribution is 5.95. The highest BCUT2D eigenvalue weighted by Crippen LogP contribution is 2.22. The van der Waals surface area contributed by atoms with Crippen LogP contribution in [0, 0.1) is 22.7 Å². The molecule has 0 fully saturated rings. The van der Waals surface area contributed by atoms with E-state index in [4.69, 9.17) is 9.47 Å². The van der Waals surface area contributed by atoms with Gasteiger partial charge in [-0.3, -0.25) is 4.79 Å². The van der Waals surface area contributed by atoms with Crippen molar-refractivity contribution in [1.82, 2.24) is 5.32 Å². The quantitative estimate of drug-likeness (QED) is 0.520. The van der Waals surface area contributed by atoms with Gasteiger partial charge in [0.15, 0.2) is 0 Å². The molecule has 0 heterocycles. The molecule has 168 valence electrons. The molecule has 0 aliphatic carbocycles. The summed E-state index contributed by atoms with van der Waals surface area (Å²) in [5, 5.41) is 31.3. The fourth-order valence-corrected chi connectivity index (χ4v) is 3.07. The normalized spacial score (nSPS) is 11.3. The van der Waals surface area contributed by atoms with E-state index >= 15 is 0 Å². The molecule has 0 unspecified atom stereocenters. The number of benzene rings is 2. The Balaban J connectivity index is 2.10. The van der Waals surface area contributed by atoms with E-state index in [9.17, 15) is 20.4 Å². The van der Waals surface area contributed by atoms with Gasteiger partial charge in [0.2, 0.25) is 0 Å². The third-order valence-electron chi connectivity index (χ3n) is 4.68. The minimum atomic E-state index is -0.557. The zero-order valence-electron chi connectivity index (χ0n) is 18.7. The maximum atomic E-state index is 12.7. The van der Waals surface area contributed by atoms with Crippen molar-refractivity contribution in [3.05, 3.63) is 58.7 Å². The van der Waals surface area contributed by atoms with Crippen LogP contribution in [0.5, 0.6) is 11.5 Å². The number of aliphatic hydroxyl groups excluding tert-OH is 1. The minimum Gasteiger partial charge on any atom is -0.492 e. The van der Waals surface area contributed by atoms with E-state index in [0.717, 1.165) is 18.4 Å². The van der Waals surface area contributed by atoms with Crippen LogP contribution >= 0.6 is 0 Å². The number of hydrogen-bond acceptors (Lipinski definition) is 6. The minimum absolute atomic E-state index is 0.0951. The van der Waals surface area contributed by atoms with Gasteiger partial charge < -0.3 is 19.9 Å². The van der Waals surface area contributed by atoms with Crippen LogP contribution in [0.1, 0.15) is 60.7 Å². The number of rotatable bonds is 11. The van der Waals surface area contributed by atoms with E-state index in [2.05, 4.69) is 18.3 Å². The smallest absolute Gasteiger partial charge is 0.251 e. The number of nitrogens with one attached hydrogen (secondary N) is 1. The molecule has 0 aliphatic heterocycles. The van der Waals surface area contributed by atoms with Gasteiger partial charge in [0, 0.05) is 5.56 Å². The van der Waals surface area contributed by atoms with Gasteiger partial charge in [0.25, 0.3) is 5.91 Å². The molecule has 2 aromatic carbocycles. The Hall–Kier alpha value is -3.55. The van der Waals surface area contributed by atoms with E-state index in [1.807, 2.05) is 26.0 Å². The summed E-state index contributed by atoms with van der Waals surface area (Å²) in [5.41, 5.74) is 1.78. The zero-order valence-corrected chi connectivity index (χ0v) is 18.7. The fourth-order valence-electron chi connectivity index (χ4n) is 3.07. The summed E-state index contributed by atoms with van der Waals surface area (Å²) in [4.78, 5) is 12.7. The van der Waals surface area contributed by atoms with Crippen LogP contribution in [-0.2, 0) is 6.42 Å². The van der Waals surface area contributed by atoms with Gasteiger partial charge in [-0.2, -0.15) is 10.5 Å². The van der Waals surface area contributed by atoms with Crippen LogP contribution in [0.25, 0.3) is 0 Å². The Morgan fingerprint density at radius 1 is 1.09 bits per heavy atom. The number of unbranched alkanes of at least 4 members (excludes halogenated alkanes) is 1. The molecule has 7 heteroatoms. The molecular formula is C25H29N3O4. The van der Waals surface area contributed by atoms with Crippen molar-refractivity contribution in [3.8, 4) is 23.6 Å². The molecule has 0 aliphatic rings. The topological polar surface area (TPSA) is 115 Å². The Morgan fingerprint density at radius 2 is 1.78 bits per heavy atom. The third kappa shape index (κ3) is 7.01. The highest BCUT2D eigenvalue weighted by atomic mass is 16.5. The molecule has 1 amide bonds. The second-order valence-electron chi connectivity index (χ2n) is 7.69. The predicted octanol–water partition coefficient (Wildman–Crippen LogP) is 3.73. The molecule has 2 aromatic rings. The summed E-state index contributed by atoms with van der Waals surface area (Å²) in [7, 11) is 0. The molecule has 1 atom stereocenters. The number of carbonyl (C=O) groups excluding carboxylic acids is 1. The van der Waals surface area contributed by atoms with Crippen LogP contribution in [0.3, 0.4) is 0 Å². The number of aliphatic hydroxyl groups is 1. The van der Waals surface area contributed by atoms with Crippen LogP contribution < -0.4 is 14.8 Å². The summed E-state index contributed by atoms with van der Waals surface area (Å²) >= 11 is 0. The summed E-state index contributed by atoms with van der Waals surface area (Å²) in [6.07, 6.45) is 2.15. The molecule has 0 saturated carbocycles. The van der Waals surface area contributed by atoms with Crippen LogP contribution in [0.4, 0.5) is 0 Å². The second-order valence-corrected chi connectivity index (χ2v) is 7.69. The average molecular weight is 436 g/mol. The maximum absolute atomic E-state index is 12.7. The molecule has 0 saturated heterocycles. The SMILES string of the molecule is CCCCOc1ccc(C[C@@H](CO)NC(=O)c2ccc(OC(C)C)c(C#N)c2)cc1C#N. The number of ether oxygens (including phenoxy) is 2. The molecule has 2 N–H and O–H groups in total. The first-order valence-corrected chi connectivity index (χ1v) is 10.7. The van der Waals surface area contributed by atoms with Gasteiger partial charge >= 0.3 is 0 Å². The first kappa shape index (κ1) is 24.7. The van der Waals surface area contributed by atoms with E-state index in [-0.39, 0.29) is 18.3 Å². The number of carbonyl (C=O) groups is 1. The van der Waals surface area contributed by atoms with E-state index in [0.29, 0.717) is 35.7 Å². The van der Waals surface area contributed by atoms with Crippen molar-refractivity contribution in [3.63, 3.8) is 0 Å². The van der Waals surface area contributed by atoms with Crippen molar-refractivity contribution in [2.45, 2.75) is 52.2 Å². The Bertz CT molecular complexity index is 1010. The molecule has 0 aromatic heterocycles. The van der Waals surface area contributed by atoms with Gasteiger partial charge in [0.05, 0.1) is 36.5 Å². The number of amides is 1. The second kappa shape index (κ2) is 12.3. The lowest BCUT2D eigenvalue weighted by Gasteiger charge is -2.18. The van der Waals surface area contributed by atoms with E-state index in [1.54, 1.807) is 24.3 Å². The number of nitriles is 2. The molecular weight excluding hydrogens is 406 g/mol. The summed E-state index contributed by atoms with van der Waals surface area (Å²) in [6.45, 7) is 6.05. The maximum Gasteiger partial charge on any atom is 0.251 e. The molecule has 0 radical (unpaired) electrons. The van der Waals surface area contributed by atoms with Crippen LogP contribution in [0.2, 0.25) is 0 Å². The van der Waals surface area contributed by atoms with E-state index < -0.39 is 11.9 Å². The number of nitrogens with zero attached hydrogens (tertiary/aromatic N) is 2. The first-order chi connectivity index (χ1) is 15.4. The summed E-state index contributed by atoms with van der Waals surface area (Å²) in [6, 6.07) is 13.5. The molecule has 7 nitrogen and oxygen atoms in total. The van der Waals surface area contributed by atoms with Crippen molar-refractivity contribution < 1.29 is 19.4 Å². The molecule has 0 spiro atoms. The standard InChI is InChI=1S/C25H29N3O4/c1-4-5-10-31-23-8-6-18(11-20(23)14-26)12-22(16-29)28-25(30)19-7-9-24(32-17(2)3)21(13-19)15-27/h6-9,11,13,17,22,29H,4-5,10,12,16H2,1-3H3,(H,28,30)/t22-/m0/s1.